The molecule has 0 atom stereocenters. The summed E-state index contributed by atoms with van der Waals surface area (Å²) in [5, 5.41) is 3.98. The minimum absolute atomic E-state index is 0.0992. The van der Waals surface area contributed by atoms with E-state index in [1.807, 2.05) is 12.1 Å². The Bertz CT molecular complexity index is 302. The summed E-state index contributed by atoms with van der Waals surface area (Å²) in [4.78, 5) is 4.21. The van der Waals surface area contributed by atoms with Crippen molar-refractivity contribution in [3.63, 3.8) is 0 Å². The summed E-state index contributed by atoms with van der Waals surface area (Å²) in [7, 11) is 0. The molecule has 4 heteroatoms. The molecule has 0 saturated heterocycles. The Kier molecular flexibility index (Phi) is 4.36. The zero-order valence-corrected chi connectivity index (χ0v) is 10.0. The lowest BCUT2D eigenvalue weighted by Gasteiger charge is -2.32. The van der Waals surface area contributed by atoms with Crippen molar-refractivity contribution in [2.24, 2.45) is 5.73 Å². The SMILES string of the molecule is CCC(CC)(CN)Nc1ncccc1Cl. The number of nitrogens with two attached hydrogens (primary N) is 1. The van der Waals surface area contributed by atoms with Crippen molar-refractivity contribution in [3.8, 4) is 0 Å². The molecule has 0 unspecified atom stereocenters. The molecule has 0 aliphatic heterocycles. The summed E-state index contributed by atoms with van der Waals surface area (Å²) in [6.45, 7) is 4.80. The van der Waals surface area contributed by atoms with E-state index in [2.05, 4.69) is 24.1 Å². The Hall–Kier alpha value is -0.800. The minimum Gasteiger partial charge on any atom is -0.362 e. The van der Waals surface area contributed by atoms with E-state index in [-0.39, 0.29) is 5.54 Å². The van der Waals surface area contributed by atoms with E-state index in [1.165, 1.54) is 0 Å². The number of aromatic nitrogens is 1. The molecule has 0 aliphatic carbocycles. The number of hydrogen-bond donors (Lipinski definition) is 2. The fourth-order valence-electron chi connectivity index (χ4n) is 1.50. The van der Waals surface area contributed by atoms with Gasteiger partial charge >= 0.3 is 0 Å². The van der Waals surface area contributed by atoms with Gasteiger partial charge in [-0.15, -0.1) is 0 Å². The molecule has 3 N–H and O–H groups in total. The Morgan fingerprint density at radius 2 is 2.13 bits per heavy atom. The van der Waals surface area contributed by atoms with Gasteiger partial charge in [-0.25, -0.2) is 4.98 Å². The summed E-state index contributed by atoms with van der Waals surface area (Å²) in [5.74, 6) is 0.716. The van der Waals surface area contributed by atoms with E-state index in [9.17, 15) is 0 Å². The molecule has 3 nitrogen and oxygen atoms in total. The number of pyridine rings is 1. The summed E-state index contributed by atoms with van der Waals surface area (Å²) < 4.78 is 0. The Labute approximate surface area is 96.0 Å². The van der Waals surface area contributed by atoms with Gasteiger partial charge in [-0.2, -0.15) is 0 Å². The Balaban J connectivity index is 2.88. The van der Waals surface area contributed by atoms with Crippen molar-refractivity contribution in [3.05, 3.63) is 23.4 Å². The van der Waals surface area contributed by atoms with E-state index in [1.54, 1.807) is 6.20 Å². The van der Waals surface area contributed by atoms with Crippen LogP contribution in [0.5, 0.6) is 0 Å². The second-order valence-electron chi connectivity index (χ2n) is 3.65. The molecule has 1 heterocycles. The van der Waals surface area contributed by atoms with Gasteiger partial charge < -0.3 is 11.1 Å². The standard InChI is InChI=1S/C11H18ClN3/c1-3-11(4-2,8-13)15-10-9(12)6-5-7-14-10/h5-7H,3-4,8,13H2,1-2H3,(H,14,15). The molecular formula is C11H18ClN3. The van der Waals surface area contributed by atoms with Crippen molar-refractivity contribution in [1.29, 1.82) is 0 Å². The first-order valence-electron chi connectivity index (χ1n) is 5.26. The molecule has 0 aliphatic rings. The van der Waals surface area contributed by atoms with Gasteiger partial charge in [-0.1, -0.05) is 25.4 Å². The van der Waals surface area contributed by atoms with E-state index in [4.69, 9.17) is 17.3 Å². The largest absolute Gasteiger partial charge is 0.362 e. The average molecular weight is 228 g/mol. The lowest BCUT2D eigenvalue weighted by molar-refractivity contribution is 0.444. The summed E-state index contributed by atoms with van der Waals surface area (Å²) in [5.41, 5.74) is 5.69. The fraction of sp³-hybridized carbons (Fsp3) is 0.545. The van der Waals surface area contributed by atoms with Crippen LogP contribution in [0, 0.1) is 0 Å². The zero-order chi connectivity index (χ0) is 11.3. The molecule has 0 fully saturated rings. The molecule has 0 aromatic carbocycles. The van der Waals surface area contributed by atoms with Gasteiger partial charge in [-0.3, -0.25) is 0 Å². The number of halogens is 1. The zero-order valence-electron chi connectivity index (χ0n) is 9.26. The molecule has 1 rings (SSSR count). The number of nitrogens with zero attached hydrogens (tertiary/aromatic N) is 1. The molecule has 1 aromatic heterocycles. The number of nitrogens with one attached hydrogen (secondary N) is 1. The molecule has 15 heavy (non-hydrogen) atoms. The predicted molar refractivity (Wildman–Crippen MR) is 65.2 cm³/mol. The smallest absolute Gasteiger partial charge is 0.145 e. The highest BCUT2D eigenvalue weighted by Gasteiger charge is 2.24. The second-order valence-corrected chi connectivity index (χ2v) is 4.06. The van der Waals surface area contributed by atoms with Gasteiger partial charge in [0.05, 0.1) is 10.6 Å². The van der Waals surface area contributed by atoms with Gasteiger partial charge in [0, 0.05) is 12.7 Å². The quantitative estimate of drug-likeness (QED) is 0.813. The Morgan fingerprint density at radius 1 is 1.47 bits per heavy atom. The van der Waals surface area contributed by atoms with Gasteiger partial charge in [-0.05, 0) is 25.0 Å². The van der Waals surface area contributed by atoms with Crippen LogP contribution < -0.4 is 11.1 Å². The van der Waals surface area contributed by atoms with Crippen LogP contribution in [0.1, 0.15) is 26.7 Å². The molecule has 0 amide bonds. The molecule has 84 valence electrons. The molecular weight excluding hydrogens is 210 g/mol. The van der Waals surface area contributed by atoms with Crippen LogP contribution in [-0.2, 0) is 0 Å². The summed E-state index contributed by atoms with van der Waals surface area (Å²) in [6.07, 6.45) is 3.63. The molecule has 1 aromatic rings. The average Bonchev–Trinajstić information content (AvgIpc) is 2.29. The van der Waals surface area contributed by atoms with Crippen molar-refractivity contribution in [2.45, 2.75) is 32.2 Å². The van der Waals surface area contributed by atoms with E-state index in [0.29, 0.717) is 17.4 Å². The molecule has 0 radical (unpaired) electrons. The van der Waals surface area contributed by atoms with Gasteiger partial charge in [0.1, 0.15) is 5.82 Å². The number of hydrogen-bond acceptors (Lipinski definition) is 3. The lowest BCUT2D eigenvalue weighted by atomic mass is 9.93. The van der Waals surface area contributed by atoms with Crippen LogP contribution in [-0.4, -0.2) is 17.1 Å². The lowest BCUT2D eigenvalue weighted by Crippen LogP contribution is -2.44. The van der Waals surface area contributed by atoms with Gasteiger partial charge in [0.2, 0.25) is 0 Å². The molecule has 0 spiro atoms. The highest BCUT2D eigenvalue weighted by molar-refractivity contribution is 6.32. The molecule has 0 saturated carbocycles. The first-order valence-corrected chi connectivity index (χ1v) is 5.64. The molecule has 0 bridgehead atoms. The van der Waals surface area contributed by atoms with Crippen LogP contribution in [0.4, 0.5) is 5.82 Å². The van der Waals surface area contributed by atoms with Crippen molar-refractivity contribution < 1.29 is 0 Å². The highest BCUT2D eigenvalue weighted by atomic mass is 35.5. The van der Waals surface area contributed by atoms with Gasteiger partial charge in [0.25, 0.3) is 0 Å². The van der Waals surface area contributed by atoms with Crippen molar-refractivity contribution in [2.75, 3.05) is 11.9 Å². The highest BCUT2D eigenvalue weighted by Crippen LogP contribution is 2.25. The monoisotopic (exact) mass is 227 g/mol. The van der Waals surface area contributed by atoms with Crippen LogP contribution >= 0.6 is 11.6 Å². The maximum atomic E-state index is 6.04. The maximum Gasteiger partial charge on any atom is 0.145 e. The van der Waals surface area contributed by atoms with E-state index in [0.717, 1.165) is 12.8 Å². The summed E-state index contributed by atoms with van der Waals surface area (Å²) in [6, 6.07) is 3.64. The number of rotatable bonds is 5. The summed E-state index contributed by atoms with van der Waals surface area (Å²) >= 11 is 6.04. The van der Waals surface area contributed by atoms with E-state index < -0.39 is 0 Å². The first-order chi connectivity index (χ1) is 7.17. The predicted octanol–water partition coefficient (Wildman–Crippen LogP) is 2.66. The Morgan fingerprint density at radius 3 is 2.60 bits per heavy atom. The maximum absolute atomic E-state index is 6.04. The second kappa shape index (κ2) is 5.33. The van der Waals surface area contributed by atoms with Crippen LogP contribution in [0.25, 0.3) is 0 Å². The van der Waals surface area contributed by atoms with Crippen molar-refractivity contribution >= 4 is 17.4 Å². The third-order valence-electron chi connectivity index (χ3n) is 2.89. The topological polar surface area (TPSA) is 50.9 Å². The first kappa shape index (κ1) is 12.3. The third-order valence-corrected chi connectivity index (χ3v) is 3.19. The van der Waals surface area contributed by atoms with Crippen LogP contribution in [0.15, 0.2) is 18.3 Å². The van der Waals surface area contributed by atoms with Crippen LogP contribution in [0.3, 0.4) is 0 Å². The fourth-order valence-corrected chi connectivity index (χ4v) is 1.66. The number of anilines is 1. The minimum atomic E-state index is -0.0992. The van der Waals surface area contributed by atoms with E-state index >= 15 is 0 Å². The van der Waals surface area contributed by atoms with Crippen LogP contribution in [0.2, 0.25) is 5.02 Å². The van der Waals surface area contributed by atoms with Gasteiger partial charge in [0.15, 0.2) is 0 Å². The normalized spacial score (nSPS) is 11.5. The third kappa shape index (κ3) is 2.83. The van der Waals surface area contributed by atoms with Crippen molar-refractivity contribution in [1.82, 2.24) is 4.98 Å².